The molecular formula is C23H34N2O. The monoisotopic (exact) mass is 354 g/mol. The van der Waals surface area contributed by atoms with Crippen molar-refractivity contribution in [3.05, 3.63) is 60.4 Å². The van der Waals surface area contributed by atoms with Gasteiger partial charge in [0.05, 0.1) is 0 Å². The molecule has 142 valence electrons. The van der Waals surface area contributed by atoms with Crippen molar-refractivity contribution in [2.75, 3.05) is 0 Å². The van der Waals surface area contributed by atoms with E-state index in [1.165, 1.54) is 5.56 Å². The fraction of sp³-hybridized carbons (Fsp3) is 0.565. The zero-order valence-electron chi connectivity index (χ0n) is 17.0. The maximum absolute atomic E-state index is 6.68. The van der Waals surface area contributed by atoms with Crippen molar-refractivity contribution >= 4 is 0 Å². The van der Waals surface area contributed by atoms with E-state index in [1.54, 1.807) is 0 Å². The van der Waals surface area contributed by atoms with Crippen LogP contribution in [0.3, 0.4) is 0 Å². The zero-order valence-corrected chi connectivity index (χ0v) is 17.0. The van der Waals surface area contributed by atoms with Crippen LogP contribution in [0.15, 0.2) is 54.9 Å². The summed E-state index contributed by atoms with van der Waals surface area (Å²) in [5, 5.41) is 2.36. The van der Waals surface area contributed by atoms with E-state index in [2.05, 4.69) is 99.1 Å². The molecule has 3 heteroatoms. The SMILES string of the molecule is CCC1(CC)CC(n2cccc2)CC(C)(C)N1OC(C)c1ccccc1. The Bertz CT molecular complexity index is 673. The summed E-state index contributed by atoms with van der Waals surface area (Å²) in [7, 11) is 0. The van der Waals surface area contributed by atoms with Gasteiger partial charge in [-0.05, 0) is 64.2 Å². The van der Waals surface area contributed by atoms with Crippen LogP contribution in [0, 0.1) is 0 Å². The molecule has 0 spiro atoms. The van der Waals surface area contributed by atoms with Crippen LogP contribution in [0.1, 0.15) is 78.0 Å². The van der Waals surface area contributed by atoms with E-state index in [1.807, 2.05) is 0 Å². The summed E-state index contributed by atoms with van der Waals surface area (Å²) in [5.74, 6) is 0. The van der Waals surface area contributed by atoms with Crippen molar-refractivity contribution in [2.24, 2.45) is 0 Å². The third-order valence-corrected chi connectivity index (χ3v) is 6.23. The molecule has 0 amide bonds. The second-order valence-corrected chi connectivity index (χ2v) is 8.39. The Morgan fingerprint density at radius 1 is 1.00 bits per heavy atom. The summed E-state index contributed by atoms with van der Waals surface area (Å²) in [6.45, 7) is 11.4. The number of rotatable bonds is 6. The number of aromatic nitrogens is 1. The topological polar surface area (TPSA) is 17.4 Å². The number of piperidine rings is 1. The predicted octanol–water partition coefficient (Wildman–Crippen LogP) is 6.16. The Labute approximate surface area is 158 Å². The summed E-state index contributed by atoms with van der Waals surface area (Å²) in [5.41, 5.74) is 1.26. The van der Waals surface area contributed by atoms with E-state index in [-0.39, 0.29) is 17.2 Å². The van der Waals surface area contributed by atoms with Gasteiger partial charge in [0.15, 0.2) is 0 Å². The minimum Gasteiger partial charge on any atom is -0.351 e. The van der Waals surface area contributed by atoms with Crippen LogP contribution in [0.4, 0.5) is 0 Å². The molecule has 0 N–H and O–H groups in total. The molecule has 0 radical (unpaired) electrons. The van der Waals surface area contributed by atoms with E-state index in [0.29, 0.717) is 6.04 Å². The molecule has 2 unspecified atom stereocenters. The van der Waals surface area contributed by atoms with Crippen LogP contribution in [-0.4, -0.2) is 20.7 Å². The quantitative estimate of drug-likeness (QED) is 0.618. The van der Waals surface area contributed by atoms with Crippen molar-refractivity contribution in [2.45, 2.75) is 83.5 Å². The summed E-state index contributed by atoms with van der Waals surface area (Å²) < 4.78 is 2.39. The van der Waals surface area contributed by atoms with Gasteiger partial charge in [0.25, 0.3) is 0 Å². The van der Waals surface area contributed by atoms with Gasteiger partial charge in [-0.2, -0.15) is 5.06 Å². The highest BCUT2D eigenvalue weighted by molar-refractivity contribution is 5.17. The lowest BCUT2D eigenvalue weighted by atomic mass is 9.74. The first kappa shape index (κ1) is 19.2. The molecule has 1 aliphatic heterocycles. The predicted molar refractivity (Wildman–Crippen MR) is 108 cm³/mol. The molecule has 1 saturated heterocycles. The van der Waals surface area contributed by atoms with Crippen LogP contribution >= 0.6 is 0 Å². The van der Waals surface area contributed by atoms with Gasteiger partial charge in [0.2, 0.25) is 0 Å². The van der Waals surface area contributed by atoms with E-state index < -0.39 is 0 Å². The van der Waals surface area contributed by atoms with E-state index in [4.69, 9.17) is 4.84 Å². The fourth-order valence-corrected chi connectivity index (χ4v) is 4.72. The van der Waals surface area contributed by atoms with E-state index in [9.17, 15) is 0 Å². The first-order valence-corrected chi connectivity index (χ1v) is 10.1. The molecule has 2 aromatic rings. The van der Waals surface area contributed by atoms with Gasteiger partial charge in [-0.1, -0.05) is 44.2 Å². The molecule has 0 saturated carbocycles. The lowest BCUT2D eigenvalue weighted by Crippen LogP contribution is -2.62. The molecule has 26 heavy (non-hydrogen) atoms. The fourth-order valence-electron chi connectivity index (χ4n) is 4.72. The maximum Gasteiger partial charge on any atom is 0.102 e. The minimum atomic E-state index is -0.0255. The van der Waals surface area contributed by atoms with Crippen LogP contribution in [0.2, 0.25) is 0 Å². The Hall–Kier alpha value is -1.58. The molecule has 1 fully saturated rings. The molecule has 1 aromatic carbocycles. The first-order valence-electron chi connectivity index (χ1n) is 10.1. The van der Waals surface area contributed by atoms with Gasteiger partial charge in [0.1, 0.15) is 6.10 Å². The average Bonchev–Trinajstić information content (AvgIpc) is 3.18. The normalized spacial score (nSPS) is 23.7. The molecule has 3 nitrogen and oxygen atoms in total. The molecule has 2 atom stereocenters. The van der Waals surface area contributed by atoms with Crippen molar-refractivity contribution in [3.63, 3.8) is 0 Å². The molecule has 1 aromatic heterocycles. The average molecular weight is 355 g/mol. The Kier molecular flexibility index (Phi) is 5.59. The van der Waals surface area contributed by atoms with Gasteiger partial charge >= 0.3 is 0 Å². The van der Waals surface area contributed by atoms with Crippen molar-refractivity contribution in [1.29, 1.82) is 0 Å². The third kappa shape index (κ3) is 3.60. The standard InChI is InChI=1S/C23H34N2O/c1-6-23(7-2)18-21(24-15-11-12-16-24)17-22(4,5)25(23)26-19(3)20-13-9-8-10-14-20/h8-16,19,21H,6-7,17-18H2,1-5H3. The Balaban J connectivity index is 1.89. The summed E-state index contributed by atoms with van der Waals surface area (Å²) >= 11 is 0. The van der Waals surface area contributed by atoms with E-state index in [0.717, 1.165) is 25.7 Å². The lowest BCUT2D eigenvalue weighted by Gasteiger charge is -2.57. The lowest BCUT2D eigenvalue weighted by molar-refractivity contribution is -0.318. The number of hydrogen-bond donors (Lipinski definition) is 0. The highest BCUT2D eigenvalue weighted by Gasteiger charge is 2.50. The van der Waals surface area contributed by atoms with Gasteiger partial charge in [-0.25, -0.2) is 0 Å². The summed E-state index contributed by atoms with van der Waals surface area (Å²) in [4.78, 5) is 6.68. The van der Waals surface area contributed by atoms with Crippen molar-refractivity contribution < 1.29 is 4.84 Å². The second kappa shape index (κ2) is 7.58. The van der Waals surface area contributed by atoms with Crippen LogP contribution < -0.4 is 0 Å². The maximum atomic E-state index is 6.68. The minimum absolute atomic E-state index is 0.0255. The molecule has 1 aliphatic rings. The molecule has 2 heterocycles. The summed E-state index contributed by atoms with van der Waals surface area (Å²) in [6.07, 6.45) is 8.86. The van der Waals surface area contributed by atoms with Gasteiger partial charge in [0, 0.05) is 29.5 Å². The van der Waals surface area contributed by atoms with Crippen LogP contribution in [0.25, 0.3) is 0 Å². The number of hydroxylamine groups is 2. The number of nitrogens with zero attached hydrogens (tertiary/aromatic N) is 2. The van der Waals surface area contributed by atoms with Crippen molar-refractivity contribution in [1.82, 2.24) is 9.63 Å². The second-order valence-electron chi connectivity index (χ2n) is 8.39. The highest BCUT2D eigenvalue weighted by Crippen LogP contribution is 2.48. The number of benzene rings is 1. The van der Waals surface area contributed by atoms with Gasteiger partial charge in [-0.3, -0.25) is 4.84 Å². The first-order chi connectivity index (χ1) is 12.4. The van der Waals surface area contributed by atoms with Crippen LogP contribution in [-0.2, 0) is 4.84 Å². The Morgan fingerprint density at radius 2 is 1.62 bits per heavy atom. The summed E-state index contributed by atoms with van der Waals surface area (Å²) in [6, 6.07) is 15.3. The number of hydrogen-bond acceptors (Lipinski definition) is 2. The van der Waals surface area contributed by atoms with Crippen LogP contribution in [0.5, 0.6) is 0 Å². The largest absolute Gasteiger partial charge is 0.351 e. The third-order valence-electron chi connectivity index (χ3n) is 6.23. The molecule has 0 bridgehead atoms. The Morgan fingerprint density at radius 3 is 2.19 bits per heavy atom. The van der Waals surface area contributed by atoms with E-state index >= 15 is 0 Å². The van der Waals surface area contributed by atoms with Gasteiger partial charge < -0.3 is 4.57 Å². The van der Waals surface area contributed by atoms with Crippen molar-refractivity contribution in [3.8, 4) is 0 Å². The molecule has 3 rings (SSSR count). The smallest absolute Gasteiger partial charge is 0.102 e. The molecule has 0 aliphatic carbocycles. The highest BCUT2D eigenvalue weighted by atomic mass is 16.7. The zero-order chi connectivity index (χ0) is 18.8. The van der Waals surface area contributed by atoms with Gasteiger partial charge in [-0.15, -0.1) is 0 Å². The molecular weight excluding hydrogens is 320 g/mol.